The van der Waals surface area contributed by atoms with Gasteiger partial charge < -0.3 is 10.6 Å². The second-order valence-corrected chi connectivity index (χ2v) is 7.25. The summed E-state index contributed by atoms with van der Waals surface area (Å²) in [5, 5.41) is 0. The first-order chi connectivity index (χ1) is 9.16. The lowest BCUT2D eigenvalue weighted by Crippen LogP contribution is -2.62. The maximum atomic E-state index is 6.24. The predicted octanol–water partition coefficient (Wildman–Crippen LogP) is 2.02. The lowest BCUT2D eigenvalue weighted by atomic mass is 9.81. The molecule has 0 spiro atoms. The predicted molar refractivity (Wildman–Crippen MR) is 85.8 cm³/mol. The number of nitrogens with two attached hydrogens (primary N) is 1. The van der Waals surface area contributed by atoms with Crippen molar-refractivity contribution < 1.29 is 0 Å². The van der Waals surface area contributed by atoms with Crippen LogP contribution in [0.15, 0.2) is 0 Å². The zero-order valence-corrected chi connectivity index (χ0v) is 13.7. The van der Waals surface area contributed by atoms with E-state index in [2.05, 4.69) is 30.0 Å². The third-order valence-corrected chi connectivity index (χ3v) is 6.20. The van der Waals surface area contributed by atoms with E-state index in [1.54, 1.807) is 0 Å². The number of hydrogen-bond donors (Lipinski definition) is 1. The summed E-state index contributed by atoms with van der Waals surface area (Å²) in [6.07, 6.45) is 8.75. The quantitative estimate of drug-likeness (QED) is 0.809. The van der Waals surface area contributed by atoms with E-state index in [-0.39, 0.29) is 5.54 Å². The largest absolute Gasteiger partial charge is 0.329 e. The standard InChI is InChI=1S/C15H31N3S/c1-4-13(11-19-3)17(2)15(12-16)7-9-18-8-5-6-14(18)10-15/h13-14H,4-12,16H2,1-3H3. The Balaban J connectivity index is 2.08. The number of rotatable bonds is 6. The molecule has 2 aliphatic heterocycles. The molecule has 4 heteroatoms. The Morgan fingerprint density at radius 1 is 1.47 bits per heavy atom. The number of likely N-dealkylation sites (N-methyl/N-ethyl adjacent to an activating group) is 1. The number of fused-ring (bicyclic) bond motifs is 1. The van der Waals surface area contributed by atoms with Gasteiger partial charge in [-0.15, -0.1) is 0 Å². The minimum Gasteiger partial charge on any atom is -0.329 e. The zero-order chi connectivity index (χ0) is 13.9. The molecule has 112 valence electrons. The summed E-state index contributed by atoms with van der Waals surface area (Å²) in [5.74, 6) is 1.23. The summed E-state index contributed by atoms with van der Waals surface area (Å²) in [6, 6.07) is 1.47. The van der Waals surface area contributed by atoms with E-state index in [1.807, 2.05) is 11.8 Å². The smallest absolute Gasteiger partial charge is 0.0358 e. The van der Waals surface area contributed by atoms with Crippen LogP contribution in [-0.2, 0) is 0 Å². The minimum atomic E-state index is 0.252. The summed E-state index contributed by atoms with van der Waals surface area (Å²) in [5.41, 5.74) is 6.50. The molecule has 2 N–H and O–H groups in total. The van der Waals surface area contributed by atoms with Crippen LogP contribution in [0.2, 0.25) is 0 Å². The van der Waals surface area contributed by atoms with Crippen molar-refractivity contribution in [3.63, 3.8) is 0 Å². The van der Waals surface area contributed by atoms with Crippen LogP contribution in [0.4, 0.5) is 0 Å². The molecule has 2 saturated heterocycles. The van der Waals surface area contributed by atoms with Crippen molar-refractivity contribution in [2.24, 2.45) is 5.73 Å². The summed E-state index contributed by atoms with van der Waals surface area (Å²) in [7, 11) is 2.32. The van der Waals surface area contributed by atoms with Crippen molar-refractivity contribution in [3.05, 3.63) is 0 Å². The molecule has 3 atom stereocenters. The van der Waals surface area contributed by atoms with Gasteiger partial charge in [0.2, 0.25) is 0 Å². The van der Waals surface area contributed by atoms with Crippen molar-refractivity contribution in [1.29, 1.82) is 0 Å². The molecular weight excluding hydrogens is 254 g/mol. The van der Waals surface area contributed by atoms with Gasteiger partial charge in [-0.05, 0) is 52.0 Å². The van der Waals surface area contributed by atoms with Gasteiger partial charge in [-0.25, -0.2) is 0 Å². The molecule has 0 radical (unpaired) electrons. The van der Waals surface area contributed by atoms with E-state index in [9.17, 15) is 0 Å². The van der Waals surface area contributed by atoms with Gasteiger partial charge in [-0.2, -0.15) is 11.8 Å². The van der Waals surface area contributed by atoms with E-state index in [0.717, 1.165) is 12.6 Å². The Labute approximate surface area is 123 Å². The highest BCUT2D eigenvalue weighted by molar-refractivity contribution is 7.98. The van der Waals surface area contributed by atoms with E-state index < -0.39 is 0 Å². The lowest BCUT2D eigenvalue weighted by Gasteiger charge is -2.51. The fraction of sp³-hybridized carbons (Fsp3) is 1.00. The van der Waals surface area contributed by atoms with Gasteiger partial charge in [-0.1, -0.05) is 6.92 Å². The fourth-order valence-electron chi connectivity index (χ4n) is 4.05. The molecular formula is C15H31N3S. The molecule has 2 rings (SSSR count). The highest BCUT2D eigenvalue weighted by Gasteiger charge is 2.44. The maximum Gasteiger partial charge on any atom is 0.0358 e. The zero-order valence-electron chi connectivity index (χ0n) is 12.9. The first-order valence-electron chi connectivity index (χ1n) is 7.83. The van der Waals surface area contributed by atoms with Gasteiger partial charge >= 0.3 is 0 Å². The molecule has 3 nitrogen and oxygen atoms in total. The number of hydrogen-bond acceptors (Lipinski definition) is 4. The van der Waals surface area contributed by atoms with Gasteiger partial charge in [0.05, 0.1) is 0 Å². The van der Waals surface area contributed by atoms with Crippen molar-refractivity contribution in [3.8, 4) is 0 Å². The normalized spacial score (nSPS) is 33.6. The Morgan fingerprint density at radius 2 is 2.26 bits per heavy atom. The van der Waals surface area contributed by atoms with Crippen LogP contribution >= 0.6 is 11.8 Å². The molecule has 0 saturated carbocycles. The summed E-state index contributed by atoms with van der Waals surface area (Å²) in [4.78, 5) is 5.33. The molecule has 0 aromatic heterocycles. The fourth-order valence-corrected chi connectivity index (χ4v) is 4.89. The number of thioether (sulfide) groups is 1. The Bertz CT molecular complexity index is 287. The van der Waals surface area contributed by atoms with Crippen LogP contribution in [0, 0.1) is 0 Å². The summed E-state index contributed by atoms with van der Waals surface area (Å²) < 4.78 is 0. The van der Waals surface area contributed by atoms with Gasteiger partial charge in [-0.3, -0.25) is 4.90 Å². The molecule has 0 aliphatic carbocycles. The molecule has 2 fully saturated rings. The minimum absolute atomic E-state index is 0.252. The number of nitrogens with zero attached hydrogens (tertiary/aromatic N) is 2. The van der Waals surface area contributed by atoms with Crippen molar-refractivity contribution in [1.82, 2.24) is 9.80 Å². The molecule has 2 aliphatic rings. The van der Waals surface area contributed by atoms with Crippen molar-refractivity contribution >= 4 is 11.8 Å². The van der Waals surface area contributed by atoms with E-state index in [4.69, 9.17) is 5.73 Å². The molecule has 2 heterocycles. The third-order valence-electron chi connectivity index (χ3n) is 5.49. The van der Waals surface area contributed by atoms with Crippen LogP contribution in [0.3, 0.4) is 0 Å². The monoisotopic (exact) mass is 285 g/mol. The molecule has 0 aromatic carbocycles. The number of piperidine rings is 1. The summed E-state index contributed by atoms with van der Waals surface area (Å²) >= 11 is 1.96. The van der Waals surface area contributed by atoms with E-state index >= 15 is 0 Å². The third kappa shape index (κ3) is 3.12. The Hall–Kier alpha value is 0.230. The first kappa shape index (κ1) is 15.6. The van der Waals surface area contributed by atoms with Gasteiger partial charge in [0, 0.05) is 36.5 Å². The highest BCUT2D eigenvalue weighted by atomic mass is 32.2. The first-order valence-corrected chi connectivity index (χ1v) is 9.22. The van der Waals surface area contributed by atoms with Crippen molar-refractivity contribution in [2.75, 3.05) is 38.7 Å². The molecule has 19 heavy (non-hydrogen) atoms. The van der Waals surface area contributed by atoms with Crippen LogP contribution in [0.25, 0.3) is 0 Å². The van der Waals surface area contributed by atoms with Gasteiger partial charge in [0.1, 0.15) is 0 Å². The van der Waals surface area contributed by atoms with Crippen LogP contribution < -0.4 is 5.73 Å². The average molecular weight is 286 g/mol. The van der Waals surface area contributed by atoms with Crippen LogP contribution in [0.5, 0.6) is 0 Å². The Kier molecular flexibility index (Phi) is 5.58. The van der Waals surface area contributed by atoms with Crippen LogP contribution in [-0.4, -0.2) is 66.1 Å². The van der Waals surface area contributed by atoms with Crippen LogP contribution in [0.1, 0.15) is 39.0 Å². The Morgan fingerprint density at radius 3 is 2.89 bits per heavy atom. The highest BCUT2D eigenvalue weighted by Crippen LogP contribution is 2.37. The summed E-state index contributed by atoms with van der Waals surface area (Å²) in [6.45, 7) is 5.70. The second-order valence-electron chi connectivity index (χ2n) is 6.34. The average Bonchev–Trinajstić information content (AvgIpc) is 2.90. The van der Waals surface area contributed by atoms with E-state index in [0.29, 0.717) is 6.04 Å². The molecule has 0 bridgehead atoms. The molecule has 0 amide bonds. The van der Waals surface area contributed by atoms with Gasteiger partial charge in [0.15, 0.2) is 0 Å². The lowest BCUT2D eigenvalue weighted by molar-refractivity contribution is 0.00567. The maximum absolute atomic E-state index is 6.24. The second kappa shape index (κ2) is 6.79. The molecule has 0 aromatic rings. The van der Waals surface area contributed by atoms with Crippen molar-refractivity contribution in [2.45, 2.75) is 56.7 Å². The topological polar surface area (TPSA) is 32.5 Å². The van der Waals surface area contributed by atoms with E-state index in [1.165, 1.54) is 50.9 Å². The molecule has 3 unspecified atom stereocenters. The SMILES string of the molecule is CCC(CSC)N(C)C1(CN)CCN2CCCC2C1. The van der Waals surface area contributed by atoms with Gasteiger partial charge in [0.25, 0.3) is 0 Å².